The predicted octanol–water partition coefficient (Wildman–Crippen LogP) is 2.55. The first-order valence-electron chi connectivity index (χ1n) is 6.66. The molecule has 1 aromatic carbocycles. The molecule has 1 aliphatic heterocycles. The van der Waals surface area contributed by atoms with E-state index in [9.17, 15) is 0 Å². The fraction of sp³-hybridized carbons (Fsp3) is 0.600. The molecule has 0 bridgehead atoms. The normalized spacial score (nSPS) is 16.6. The minimum atomic E-state index is 0.756. The van der Waals surface area contributed by atoms with Crippen molar-refractivity contribution in [2.24, 2.45) is 5.92 Å². The minimum absolute atomic E-state index is 0.756. The Balaban J connectivity index is 2.20. The van der Waals surface area contributed by atoms with Crippen LogP contribution >= 0.6 is 0 Å². The Morgan fingerprint density at radius 1 is 1.17 bits per heavy atom. The van der Waals surface area contributed by atoms with Gasteiger partial charge in [0, 0.05) is 0 Å². The molecule has 1 N–H and O–H groups in total. The van der Waals surface area contributed by atoms with Crippen molar-refractivity contribution in [3.63, 3.8) is 0 Å². The lowest BCUT2D eigenvalue weighted by Gasteiger charge is -2.24. The molecule has 1 aromatic rings. The van der Waals surface area contributed by atoms with E-state index < -0.39 is 0 Å². The summed E-state index contributed by atoms with van der Waals surface area (Å²) in [6.45, 7) is 4.35. The molecule has 0 spiro atoms. The van der Waals surface area contributed by atoms with Crippen molar-refractivity contribution in [2.45, 2.75) is 26.2 Å². The fourth-order valence-corrected chi connectivity index (χ4v) is 2.77. The summed E-state index contributed by atoms with van der Waals surface area (Å²) in [7, 11) is 3.47. The third-order valence-corrected chi connectivity index (χ3v) is 3.73. The van der Waals surface area contributed by atoms with Gasteiger partial charge in [0.1, 0.15) is 11.5 Å². The van der Waals surface area contributed by atoms with Gasteiger partial charge in [0.2, 0.25) is 0 Å². The highest BCUT2D eigenvalue weighted by Crippen LogP contribution is 2.32. The van der Waals surface area contributed by atoms with Gasteiger partial charge in [0.15, 0.2) is 0 Å². The quantitative estimate of drug-likeness (QED) is 0.889. The number of nitrogens with one attached hydrogen (secondary N) is 1. The van der Waals surface area contributed by atoms with Crippen molar-refractivity contribution in [3.8, 4) is 11.5 Å². The van der Waals surface area contributed by atoms with E-state index in [-0.39, 0.29) is 0 Å². The maximum atomic E-state index is 5.55. The SMILES string of the molecule is COc1cc(C)c(OC)c(CC2CCNCC2)c1. The molecule has 1 fully saturated rings. The number of ether oxygens (including phenoxy) is 2. The van der Waals surface area contributed by atoms with Crippen LogP contribution < -0.4 is 14.8 Å². The van der Waals surface area contributed by atoms with Gasteiger partial charge in [-0.05, 0) is 68.5 Å². The van der Waals surface area contributed by atoms with Crippen LogP contribution in [0.1, 0.15) is 24.0 Å². The van der Waals surface area contributed by atoms with Crippen molar-refractivity contribution in [2.75, 3.05) is 27.3 Å². The second-order valence-corrected chi connectivity index (χ2v) is 5.03. The van der Waals surface area contributed by atoms with E-state index in [1.54, 1.807) is 14.2 Å². The largest absolute Gasteiger partial charge is 0.497 e. The standard InChI is InChI=1S/C15H23NO2/c1-11-8-14(17-2)10-13(15(11)18-3)9-12-4-6-16-7-5-12/h8,10,12,16H,4-7,9H2,1-3H3. The molecule has 1 heterocycles. The van der Waals surface area contributed by atoms with Gasteiger partial charge in [-0.3, -0.25) is 0 Å². The van der Waals surface area contributed by atoms with Crippen LogP contribution in [0.5, 0.6) is 11.5 Å². The van der Waals surface area contributed by atoms with E-state index in [4.69, 9.17) is 9.47 Å². The summed E-state index contributed by atoms with van der Waals surface area (Å²) >= 11 is 0. The Morgan fingerprint density at radius 3 is 2.50 bits per heavy atom. The van der Waals surface area contributed by atoms with Crippen molar-refractivity contribution in [3.05, 3.63) is 23.3 Å². The molecule has 0 radical (unpaired) electrons. The van der Waals surface area contributed by atoms with Gasteiger partial charge >= 0.3 is 0 Å². The first-order valence-corrected chi connectivity index (χ1v) is 6.66. The predicted molar refractivity (Wildman–Crippen MR) is 73.6 cm³/mol. The molecule has 1 saturated heterocycles. The van der Waals surface area contributed by atoms with Crippen LogP contribution in [0, 0.1) is 12.8 Å². The monoisotopic (exact) mass is 249 g/mol. The van der Waals surface area contributed by atoms with Gasteiger partial charge in [-0.2, -0.15) is 0 Å². The fourth-order valence-electron chi connectivity index (χ4n) is 2.77. The van der Waals surface area contributed by atoms with Gasteiger partial charge in [0.25, 0.3) is 0 Å². The van der Waals surface area contributed by atoms with Gasteiger partial charge in [-0.25, -0.2) is 0 Å². The van der Waals surface area contributed by atoms with Crippen LogP contribution in [-0.2, 0) is 6.42 Å². The molecule has 0 aromatic heterocycles. The second kappa shape index (κ2) is 6.10. The van der Waals surface area contributed by atoms with Crippen molar-refractivity contribution in [1.82, 2.24) is 5.32 Å². The average Bonchev–Trinajstić information content (AvgIpc) is 2.39. The Labute approximate surface area is 109 Å². The van der Waals surface area contributed by atoms with Crippen LogP contribution in [0.3, 0.4) is 0 Å². The number of piperidine rings is 1. The van der Waals surface area contributed by atoms with Crippen LogP contribution in [0.15, 0.2) is 12.1 Å². The van der Waals surface area contributed by atoms with E-state index in [0.717, 1.165) is 42.5 Å². The summed E-state index contributed by atoms with van der Waals surface area (Å²) in [5.41, 5.74) is 2.43. The van der Waals surface area contributed by atoms with Gasteiger partial charge in [-0.1, -0.05) is 0 Å². The van der Waals surface area contributed by atoms with Crippen molar-refractivity contribution in [1.29, 1.82) is 0 Å². The topological polar surface area (TPSA) is 30.5 Å². The van der Waals surface area contributed by atoms with Gasteiger partial charge < -0.3 is 14.8 Å². The molecule has 0 aliphatic carbocycles. The van der Waals surface area contributed by atoms with Crippen LogP contribution in [-0.4, -0.2) is 27.3 Å². The number of aryl methyl sites for hydroxylation is 1. The van der Waals surface area contributed by atoms with Crippen LogP contribution in [0.2, 0.25) is 0 Å². The first kappa shape index (κ1) is 13.2. The van der Waals surface area contributed by atoms with Crippen LogP contribution in [0.25, 0.3) is 0 Å². The summed E-state index contributed by atoms with van der Waals surface area (Å²) < 4.78 is 10.9. The molecule has 1 aliphatic rings. The molecule has 100 valence electrons. The lowest BCUT2D eigenvalue weighted by molar-refractivity contribution is 0.357. The minimum Gasteiger partial charge on any atom is -0.497 e. The lowest BCUT2D eigenvalue weighted by Crippen LogP contribution is -2.28. The lowest BCUT2D eigenvalue weighted by atomic mass is 9.90. The molecule has 18 heavy (non-hydrogen) atoms. The Morgan fingerprint density at radius 2 is 1.89 bits per heavy atom. The van der Waals surface area contributed by atoms with E-state index in [1.807, 2.05) is 6.07 Å². The Bertz CT molecular complexity index is 398. The maximum Gasteiger partial charge on any atom is 0.125 e. The zero-order chi connectivity index (χ0) is 13.0. The number of benzene rings is 1. The summed E-state index contributed by atoms with van der Waals surface area (Å²) in [5, 5.41) is 3.41. The number of methoxy groups -OCH3 is 2. The molecule has 3 heteroatoms. The number of rotatable bonds is 4. The van der Waals surface area contributed by atoms with Gasteiger partial charge in [0.05, 0.1) is 14.2 Å². The third kappa shape index (κ3) is 2.96. The zero-order valence-corrected chi connectivity index (χ0v) is 11.6. The van der Waals surface area contributed by atoms with Crippen molar-refractivity contribution < 1.29 is 9.47 Å². The number of hydrogen-bond acceptors (Lipinski definition) is 3. The molecule has 0 unspecified atom stereocenters. The molecular weight excluding hydrogens is 226 g/mol. The molecule has 0 amide bonds. The van der Waals surface area contributed by atoms with E-state index >= 15 is 0 Å². The summed E-state index contributed by atoms with van der Waals surface area (Å²) in [6, 6.07) is 4.15. The highest BCUT2D eigenvalue weighted by Gasteiger charge is 2.17. The summed E-state index contributed by atoms with van der Waals surface area (Å²) in [5.74, 6) is 2.71. The second-order valence-electron chi connectivity index (χ2n) is 5.03. The Hall–Kier alpha value is -1.22. The van der Waals surface area contributed by atoms with Crippen molar-refractivity contribution >= 4 is 0 Å². The van der Waals surface area contributed by atoms with E-state index in [2.05, 4.69) is 18.3 Å². The molecular formula is C15H23NO2. The molecule has 2 rings (SSSR count). The smallest absolute Gasteiger partial charge is 0.125 e. The van der Waals surface area contributed by atoms with E-state index in [0.29, 0.717) is 0 Å². The maximum absolute atomic E-state index is 5.55. The highest BCUT2D eigenvalue weighted by atomic mass is 16.5. The van der Waals surface area contributed by atoms with Crippen LogP contribution in [0.4, 0.5) is 0 Å². The molecule has 3 nitrogen and oxygen atoms in total. The first-order chi connectivity index (χ1) is 8.74. The summed E-state index contributed by atoms with van der Waals surface area (Å²) in [4.78, 5) is 0. The van der Waals surface area contributed by atoms with E-state index in [1.165, 1.54) is 18.4 Å². The average molecular weight is 249 g/mol. The summed E-state index contributed by atoms with van der Waals surface area (Å²) in [6.07, 6.45) is 3.59. The zero-order valence-electron chi connectivity index (χ0n) is 11.6. The van der Waals surface area contributed by atoms with Gasteiger partial charge in [-0.15, -0.1) is 0 Å². The highest BCUT2D eigenvalue weighted by molar-refractivity contribution is 5.46. The third-order valence-electron chi connectivity index (χ3n) is 3.73. The molecule has 0 saturated carbocycles. The number of hydrogen-bond donors (Lipinski definition) is 1. The molecule has 0 atom stereocenters. The Kier molecular flexibility index (Phi) is 4.48.